The van der Waals surface area contributed by atoms with E-state index < -0.39 is 11.6 Å². The second-order valence-electron chi connectivity index (χ2n) is 6.19. The fraction of sp³-hybridized carbons (Fsp3) is 0.647. The normalized spacial score (nSPS) is 26.8. The SMILES string of the molecule is CCNCC1CCC(C)CC1c1ccc(C)c(F)c1F. The first-order chi connectivity index (χ1) is 9.54. The van der Waals surface area contributed by atoms with Crippen molar-refractivity contribution in [2.75, 3.05) is 13.1 Å². The molecule has 2 rings (SSSR count). The molecule has 0 aromatic heterocycles. The van der Waals surface area contributed by atoms with Gasteiger partial charge in [-0.3, -0.25) is 0 Å². The summed E-state index contributed by atoms with van der Waals surface area (Å²) in [5.74, 6) is -0.189. The smallest absolute Gasteiger partial charge is 0.162 e. The predicted molar refractivity (Wildman–Crippen MR) is 78.9 cm³/mol. The summed E-state index contributed by atoms with van der Waals surface area (Å²) >= 11 is 0. The zero-order chi connectivity index (χ0) is 14.7. The van der Waals surface area contributed by atoms with Crippen LogP contribution in [0.2, 0.25) is 0 Å². The Morgan fingerprint density at radius 1 is 1.20 bits per heavy atom. The number of rotatable bonds is 4. The second kappa shape index (κ2) is 6.66. The van der Waals surface area contributed by atoms with Gasteiger partial charge in [-0.15, -0.1) is 0 Å². The molecule has 112 valence electrons. The molecule has 1 aromatic carbocycles. The van der Waals surface area contributed by atoms with Crippen LogP contribution in [-0.2, 0) is 0 Å². The number of nitrogens with one attached hydrogen (secondary N) is 1. The van der Waals surface area contributed by atoms with Crippen molar-refractivity contribution in [3.05, 3.63) is 34.9 Å². The second-order valence-corrected chi connectivity index (χ2v) is 6.19. The van der Waals surface area contributed by atoms with E-state index in [9.17, 15) is 8.78 Å². The largest absolute Gasteiger partial charge is 0.317 e. The molecule has 0 amide bonds. The van der Waals surface area contributed by atoms with E-state index in [1.807, 2.05) is 0 Å². The molecule has 3 atom stereocenters. The molecule has 0 aliphatic heterocycles. The molecular weight excluding hydrogens is 256 g/mol. The number of hydrogen-bond donors (Lipinski definition) is 1. The maximum atomic E-state index is 14.3. The summed E-state index contributed by atoms with van der Waals surface area (Å²) in [7, 11) is 0. The molecule has 20 heavy (non-hydrogen) atoms. The van der Waals surface area contributed by atoms with E-state index in [0.29, 0.717) is 23.0 Å². The van der Waals surface area contributed by atoms with E-state index in [4.69, 9.17) is 0 Å². The van der Waals surface area contributed by atoms with Gasteiger partial charge in [0, 0.05) is 0 Å². The maximum absolute atomic E-state index is 14.3. The van der Waals surface area contributed by atoms with E-state index in [0.717, 1.165) is 25.9 Å². The van der Waals surface area contributed by atoms with Gasteiger partial charge in [-0.05, 0) is 61.7 Å². The molecule has 1 N–H and O–H groups in total. The minimum atomic E-state index is -0.678. The molecule has 1 saturated carbocycles. The topological polar surface area (TPSA) is 12.0 Å². The van der Waals surface area contributed by atoms with Crippen molar-refractivity contribution in [3.63, 3.8) is 0 Å². The van der Waals surface area contributed by atoms with E-state index >= 15 is 0 Å². The Labute approximate surface area is 120 Å². The Balaban J connectivity index is 2.28. The molecule has 1 aromatic rings. The third-order valence-corrected chi connectivity index (χ3v) is 4.62. The molecule has 1 nitrogen and oxygen atoms in total. The van der Waals surface area contributed by atoms with Crippen LogP contribution in [0.5, 0.6) is 0 Å². The average molecular weight is 281 g/mol. The Kier molecular flexibility index (Phi) is 5.14. The minimum Gasteiger partial charge on any atom is -0.317 e. The minimum absolute atomic E-state index is 0.132. The third kappa shape index (κ3) is 3.20. The van der Waals surface area contributed by atoms with E-state index in [-0.39, 0.29) is 5.92 Å². The molecule has 3 unspecified atom stereocenters. The standard InChI is InChI=1S/C17H25F2N/c1-4-20-10-13-7-5-11(2)9-15(13)14-8-6-12(3)16(18)17(14)19/h6,8,11,13,15,20H,4-5,7,9-10H2,1-3H3. The zero-order valence-electron chi connectivity index (χ0n) is 12.7. The fourth-order valence-electron chi connectivity index (χ4n) is 3.35. The van der Waals surface area contributed by atoms with Crippen LogP contribution in [0.25, 0.3) is 0 Å². The van der Waals surface area contributed by atoms with Gasteiger partial charge in [-0.1, -0.05) is 32.4 Å². The van der Waals surface area contributed by atoms with Gasteiger partial charge in [0.2, 0.25) is 0 Å². The van der Waals surface area contributed by atoms with Crippen LogP contribution in [0.3, 0.4) is 0 Å². The molecule has 1 aliphatic carbocycles. The highest BCUT2D eigenvalue weighted by atomic mass is 19.2. The van der Waals surface area contributed by atoms with Gasteiger partial charge in [-0.25, -0.2) is 8.78 Å². The van der Waals surface area contributed by atoms with Gasteiger partial charge < -0.3 is 5.32 Å². The summed E-state index contributed by atoms with van der Waals surface area (Å²) in [6.07, 6.45) is 3.23. The van der Waals surface area contributed by atoms with E-state index in [2.05, 4.69) is 19.2 Å². The summed E-state index contributed by atoms with van der Waals surface area (Å²) in [5.41, 5.74) is 0.959. The highest BCUT2D eigenvalue weighted by molar-refractivity contribution is 5.29. The number of aryl methyl sites for hydroxylation is 1. The van der Waals surface area contributed by atoms with Gasteiger partial charge in [0.1, 0.15) is 0 Å². The first-order valence-electron chi connectivity index (χ1n) is 7.69. The Bertz CT molecular complexity index is 457. The molecule has 0 spiro atoms. The fourth-order valence-corrected chi connectivity index (χ4v) is 3.35. The van der Waals surface area contributed by atoms with Gasteiger partial charge in [0.25, 0.3) is 0 Å². The molecule has 0 bridgehead atoms. The summed E-state index contributed by atoms with van der Waals surface area (Å²) in [6.45, 7) is 7.71. The van der Waals surface area contributed by atoms with Gasteiger partial charge in [-0.2, -0.15) is 0 Å². The van der Waals surface area contributed by atoms with Crippen molar-refractivity contribution < 1.29 is 8.78 Å². The molecular formula is C17H25F2N. The molecule has 1 aliphatic rings. The van der Waals surface area contributed by atoms with Crippen LogP contribution in [0, 0.1) is 30.4 Å². The van der Waals surface area contributed by atoms with Crippen LogP contribution in [0.4, 0.5) is 8.78 Å². The molecule has 0 saturated heterocycles. The number of benzene rings is 1. The summed E-state index contributed by atoms with van der Waals surface area (Å²) in [5, 5.41) is 3.36. The predicted octanol–water partition coefficient (Wildman–Crippen LogP) is 4.40. The van der Waals surface area contributed by atoms with Crippen molar-refractivity contribution in [2.45, 2.75) is 46.0 Å². The van der Waals surface area contributed by atoms with Gasteiger partial charge >= 0.3 is 0 Å². The van der Waals surface area contributed by atoms with Gasteiger partial charge in [0.05, 0.1) is 0 Å². The van der Waals surface area contributed by atoms with Crippen LogP contribution in [0.15, 0.2) is 12.1 Å². The van der Waals surface area contributed by atoms with Crippen molar-refractivity contribution in [3.8, 4) is 0 Å². The van der Waals surface area contributed by atoms with Crippen LogP contribution >= 0.6 is 0 Å². The average Bonchev–Trinajstić information content (AvgIpc) is 2.44. The lowest BCUT2D eigenvalue weighted by molar-refractivity contribution is 0.237. The monoisotopic (exact) mass is 281 g/mol. The number of hydrogen-bond acceptors (Lipinski definition) is 1. The summed E-state index contributed by atoms with van der Waals surface area (Å²) < 4.78 is 28.1. The lowest BCUT2D eigenvalue weighted by atomic mass is 9.71. The lowest BCUT2D eigenvalue weighted by Crippen LogP contribution is -2.32. The molecule has 0 heterocycles. The summed E-state index contributed by atoms with van der Waals surface area (Å²) in [4.78, 5) is 0. The van der Waals surface area contributed by atoms with Crippen molar-refractivity contribution >= 4 is 0 Å². The first-order valence-corrected chi connectivity index (χ1v) is 7.69. The number of halogens is 2. The first kappa shape index (κ1) is 15.4. The van der Waals surface area contributed by atoms with Crippen molar-refractivity contribution in [1.29, 1.82) is 0 Å². The highest BCUT2D eigenvalue weighted by Crippen LogP contribution is 2.41. The molecule has 1 fully saturated rings. The Hall–Kier alpha value is -0.960. The van der Waals surface area contributed by atoms with Crippen LogP contribution in [-0.4, -0.2) is 13.1 Å². The van der Waals surface area contributed by atoms with E-state index in [1.165, 1.54) is 6.42 Å². The summed E-state index contributed by atoms with van der Waals surface area (Å²) in [6, 6.07) is 3.49. The zero-order valence-corrected chi connectivity index (χ0v) is 12.7. The van der Waals surface area contributed by atoms with E-state index in [1.54, 1.807) is 19.1 Å². The quantitative estimate of drug-likeness (QED) is 0.862. The van der Waals surface area contributed by atoms with Crippen LogP contribution < -0.4 is 5.32 Å². The highest BCUT2D eigenvalue weighted by Gasteiger charge is 2.32. The van der Waals surface area contributed by atoms with Crippen LogP contribution in [0.1, 0.15) is 50.2 Å². The maximum Gasteiger partial charge on any atom is 0.162 e. The molecule has 0 radical (unpaired) electrons. The molecule has 3 heteroatoms. The van der Waals surface area contributed by atoms with Crippen molar-refractivity contribution in [1.82, 2.24) is 5.32 Å². The lowest BCUT2D eigenvalue weighted by Gasteiger charge is -2.35. The Morgan fingerprint density at radius 3 is 2.65 bits per heavy atom. The van der Waals surface area contributed by atoms with Crippen molar-refractivity contribution in [2.24, 2.45) is 11.8 Å². The Morgan fingerprint density at radius 2 is 1.95 bits per heavy atom. The van der Waals surface area contributed by atoms with Gasteiger partial charge in [0.15, 0.2) is 11.6 Å². The third-order valence-electron chi connectivity index (χ3n) is 4.62.